The van der Waals surface area contributed by atoms with Crippen molar-refractivity contribution in [3.05, 3.63) is 29.8 Å². The quantitative estimate of drug-likeness (QED) is 0.262. The molecule has 0 amide bonds. The number of halogens is 3. The number of nitrogens with one attached hydrogen (secondary N) is 2. The molecule has 166 valence electrons. The zero-order chi connectivity index (χ0) is 20.4. The summed E-state index contributed by atoms with van der Waals surface area (Å²) in [4.78, 5) is 6.95. The summed E-state index contributed by atoms with van der Waals surface area (Å²) < 4.78 is 28.7. The fourth-order valence-corrected chi connectivity index (χ4v) is 3.42. The van der Waals surface area contributed by atoms with Crippen LogP contribution < -0.4 is 15.4 Å². The number of aliphatic hydroxyl groups is 1. The van der Waals surface area contributed by atoms with E-state index in [1.54, 1.807) is 12.1 Å². The summed E-state index contributed by atoms with van der Waals surface area (Å²) in [6.45, 7) is 5.22. The predicted octanol–water partition coefficient (Wildman–Crippen LogP) is 3.37. The van der Waals surface area contributed by atoms with Crippen LogP contribution in [0.1, 0.15) is 44.8 Å². The number of hydrogen-bond donors (Lipinski definition) is 3. The molecule has 1 aliphatic heterocycles. The van der Waals surface area contributed by atoms with E-state index in [-0.39, 0.29) is 36.3 Å². The minimum absolute atomic E-state index is 0. The number of likely N-dealkylation sites (tertiary alicyclic amines) is 1. The Hall–Kier alpha value is -1.20. The minimum atomic E-state index is -2.86. The standard InChI is InChI=1S/C20H32F2N4O2.HI/c1-3-23-20(24-13-16-7-5-6-12-26(16)4-2)25-14-18(27)15-8-10-17(11-9-15)28-19(21)22;/h8-11,16,18-19,27H,3-7,12-14H2,1-2H3,(H2,23,24,25);1H. The van der Waals surface area contributed by atoms with Crippen LogP contribution in [0.2, 0.25) is 0 Å². The van der Waals surface area contributed by atoms with Crippen molar-refractivity contribution < 1.29 is 18.6 Å². The van der Waals surface area contributed by atoms with Gasteiger partial charge >= 0.3 is 6.61 Å². The van der Waals surface area contributed by atoms with E-state index in [0.717, 1.165) is 26.2 Å². The van der Waals surface area contributed by atoms with Crippen molar-refractivity contribution in [1.82, 2.24) is 15.5 Å². The van der Waals surface area contributed by atoms with Gasteiger partial charge in [-0.3, -0.25) is 9.89 Å². The fraction of sp³-hybridized carbons (Fsp3) is 0.650. The van der Waals surface area contributed by atoms with E-state index in [4.69, 9.17) is 0 Å². The first-order valence-electron chi connectivity index (χ1n) is 10.0. The van der Waals surface area contributed by atoms with Gasteiger partial charge in [-0.2, -0.15) is 8.78 Å². The van der Waals surface area contributed by atoms with Gasteiger partial charge in [0.25, 0.3) is 0 Å². The molecule has 2 rings (SSSR count). The van der Waals surface area contributed by atoms with Crippen molar-refractivity contribution in [3.8, 4) is 5.75 Å². The van der Waals surface area contributed by atoms with E-state index in [9.17, 15) is 13.9 Å². The Morgan fingerprint density at radius 2 is 1.97 bits per heavy atom. The van der Waals surface area contributed by atoms with Gasteiger partial charge in [-0.15, -0.1) is 24.0 Å². The van der Waals surface area contributed by atoms with Gasteiger partial charge in [-0.25, -0.2) is 0 Å². The Bertz CT molecular complexity index is 605. The molecule has 0 aliphatic carbocycles. The van der Waals surface area contributed by atoms with E-state index < -0.39 is 12.7 Å². The number of alkyl halides is 2. The third kappa shape index (κ3) is 9.00. The molecular formula is C20H33F2IN4O2. The van der Waals surface area contributed by atoms with Crippen molar-refractivity contribution in [1.29, 1.82) is 0 Å². The number of guanidine groups is 1. The molecule has 1 heterocycles. The number of hydrogen-bond acceptors (Lipinski definition) is 4. The van der Waals surface area contributed by atoms with Crippen LogP contribution in [0.5, 0.6) is 5.75 Å². The molecule has 29 heavy (non-hydrogen) atoms. The Kier molecular flexibility index (Phi) is 12.4. The van der Waals surface area contributed by atoms with Crippen LogP contribution >= 0.6 is 24.0 Å². The Morgan fingerprint density at radius 3 is 2.59 bits per heavy atom. The van der Waals surface area contributed by atoms with Gasteiger partial charge in [-0.1, -0.05) is 25.5 Å². The van der Waals surface area contributed by atoms with E-state index >= 15 is 0 Å². The summed E-state index contributed by atoms with van der Waals surface area (Å²) in [5.41, 5.74) is 0.602. The van der Waals surface area contributed by atoms with Crippen molar-refractivity contribution in [2.45, 2.75) is 51.9 Å². The molecule has 3 N–H and O–H groups in total. The normalized spacial score (nSPS) is 18.8. The summed E-state index contributed by atoms with van der Waals surface area (Å²) in [6.07, 6.45) is 2.86. The molecule has 9 heteroatoms. The molecule has 1 aromatic rings. The number of nitrogens with zero attached hydrogens (tertiary/aromatic N) is 2. The van der Waals surface area contributed by atoms with E-state index in [0.29, 0.717) is 17.6 Å². The SMILES string of the molecule is CCNC(=NCC(O)c1ccc(OC(F)F)cc1)NCC1CCCCN1CC.I. The summed E-state index contributed by atoms with van der Waals surface area (Å²) in [6, 6.07) is 6.47. The molecule has 0 saturated carbocycles. The first-order chi connectivity index (χ1) is 13.5. The summed E-state index contributed by atoms with van der Waals surface area (Å²) in [5.74, 6) is 0.734. The van der Waals surface area contributed by atoms with Crippen molar-refractivity contribution >= 4 is 29.9 Å². The predicted molar refractivity (Wildman–Crippen MR) is 122 cm³/mol. The third-order valence-electron chi connectivity index (χ3n) is 4.92. The highest BCUT2D eigenvalue weighted by molar-refractivity contribution is 14.0. The molecule has 1 aliphatic rings. The average molecular weight is 526 g/mol. The van der Waals surface area contributed by atoms with Crippen LogP contribution in [-0.2, 0) is 0 Å². The monoisotopic (exact) mass is 526 g/mol. The molecule has 0 spiro atoms. The topological polar surface area (TPSA) is 69.1 Å². The lowest BCUT2D eigenvalue weighted by molar-refractivity contribution is -0.0498. The molecule has 1 fully saturated rings. The second-order valence-corrected chi connectivity index (χ2v) is 6.84. The van der Waals surface area contributed by atoms with Gasteiger partial charge in [0.05, 0.1) is 12.6 Å². The smallest absolute Gasteiger partial charge is 0.387 e. The zero-order valence-corrected chi connectivity index (χ0v) is 19.4. The third-order valence-corrected chi connectivity index (χ3v) is 4.92. The number of aliphatic hydroxyl groups excluding tert-OH is 1. The summed E-state index contributed by atoms with van der Waals surface area (Å²) in [5, 5.41) is 16.9. The minimum Gasteiger partial charge on any atom is -0.435 e. The number of piperidine rings is 1. The number of benzene rings is 1. The number of likely N-dealkylation sites (N-methyl/N-ethyl adjacent to an activating group) is 1. The molecule has 0 bridgehead atoms. The van der Waals surface area contributed by atoms with Gasteiger partial charge in [0.1, 0.15) is 5.75 Å². The van der Waals surface area contributed by atoms with Crippen molar-refractivity contribution in [3.63, 3.8) is 0 Å². The molecule has 0 aromatic heterocycles. The van der Waals surface area contributed by atoms with Crippen molar-refractivity contribution in [2.75, 3.05) is 32.7 Å². The molecule has 6 nitrogen and oxygen atoms in total. The highest BCUT2D eigenvalue weighted by Crippen LogP contribution is 2.19. The van der Waals surface area contributed by atoms with E-state index in [1.807, 2.05) is 6.92 Å². The van der Waals surface area contributed by atoms with Crippen LogP contribution in [-0.4, -0.2) is 61.3 Å². The highest BCUT2D eigenvalue weighted by Gasteiger charge is 2.21. The van der Waals surface area contributed by atoms with Gasteiger partial charge in [-0.05, 0) is 50.6 Å². The Labute approximate surface area is 189 Å². The lowest BCUT2D eigenvalue weighted by atomic mass is 10.0. The molecule has 0 radical (unpaired) electrons. The maximum atomic E-state index is 12.2. The van der Waals surface area contributed by atoms with E-state index in [1.165, 1.54) is 31.4 Å². The first kappa shape index (κ1) is 25.8. The summed E-state index contributed by atoms with van der Waals surface area (Å²) >= 11 is 0. The maximum Gasteiger partial charge on any atom is 0.387 e. The fourth-order valence-electron chi connectivity index (χ4n) is 3.42. The van der Waals surface area contributed by atoms with Crippen LogP contribution in [0.3, 0.4) is 0 Å². The lowest BCUT2D eigenvalue weighted by Gasteiger charge is -2.35. The number of aliphatic imine (C=N–C) groups is 1. The maximum absolute atomic E-state index is 12.2. The summed E-state index contributed by atoms with van der Waals surface area (Å²) in [7, 11) is 0. The van der Waals surface area contributed by atoms with Gasteiger partial charge < -0.3 is 20.5 Å². The Balaban J connectivity index is 0.00000420. The van der Waals surface area contributed by atoms with Crippen molar-refractivity contribution in [2.24, 2.45) is 4.99 Å². The molecule has 2 atom stereocenters. The zero-order valence-electron chi connectivity index (χ0n) is 17.1. The van der Waals surface area contributed by atoms with Gasteiger partial charge in [0, 0.05) is 19.1 Å². The lowest BCUT2D eigenvalue weighted by Crippen LogP contribution is -2.49. The molecule has 1 saturated heterocycles. The first-order valence-corrected chi connectivity index (χ1v) is 10.0. The second-order valence-electron chi connectivity index (χ2n) is 6.84. The van der Waals surface area contributed by atoms with Crippen LogP contribution in [0.4, 0.5) is 8.78 Å². The largest absolute Gasteiger partial charge is 0.435 e. The molecule has 1 aromatic carbocycles. The number of ether oxygens (including phenoxy) is 1. The van der Waals surface area contributed by atoms with Crippen LogP contribution in [0.15, 0.2) is 29.3 Å². The van der Waals surface area contributed by atoms with Gasteiger partial charge in [0.15, 0.2) is 5.96 Å². The Morgan fingerprint density at radius 1 is 1.24 bits per heavy atom. The van der Waals surface area contributed by atoms with Crippen LogP contribution in [0, 0.1) is 0 Å². The average Bonchev–Trinajstić information content (AvgIpc) is 2.70. The molecular weight excluding hydrogens is 493 g/mol. The van der Waals surface area contributed by atoms with E-state index in [2.05, 4.69) is 32.2 Å². The van der Waals surface area contributed by atoms with Gasteiger partial charge in [0.2, 0.25) is 0 Å². The second kappa shape index (κ2) is 13.9. The van der Waals surface area contributed by atoms with Crippen LogP contribution in [0.25, 0.3) is 0 Å². The molecule has 2 unspecified atom stereocenters. The number of rotatable bonds is 9. The highest BCUT2D eigenvalue weighted by atomic mass is 127.